The van der Waals surface area contributed by atoms with Crippen molar-refractivity contribution in [1.29, 1.82) is 0 Å². The van der Waals surface area contributed by atoms with Crippen LogP contribution in [0.2, 0.25) is 0 Å². The van der Waals surface area contributed by atoms with Gasteiger partial charge in [-0.15, -0.1) is 0 Å². The van der Waals surface area contributed by atoms with Crippen LogP contribution in [0.5, 0.6) is 0 Å². The van der Waals surface area contributed by atoms with Crippen LogP contribution >= 0.6 is 11.8 Å². The molecule has 1 amide bonds. The second kappa shape index (κ2) is 9.75. The van der Waals surface area contributed by atoms with Crippen molar-refractivity contribution >= 4 is 28.7 Å². The molecule has 0 aliphatic carbocycles. The number of carbonyl (C=O) groups excluding carboxylic acids is 1. The number of ether oxygens (including phenoxy) is 1. The first-order valence-electron chi connectivity index (χ1n) is 9.53. The topological polar surface area (TPSA) is 56.1 Å². The number of nitrogens with one attached hydrogen (secondary N) is 1. The molecule has 0 saturated carbocycles. The summed E-state index contributed by atoms with van der Waals surface area (Å²) in [6.45, 7) is 5.97. The zero-order chi connectivity index (χ0) is 19.9. The number of nitrogens with zero attached hydrogens (tertiary/aromatic N) is 2. The summed E-state index contributed by atoms with van der Waals surface area (Å²) in [5.74, 6) is 0.298. The van der Waals surface area contributed by atoms with Gasteiger partial charge in [-0.25, -0.2) is 4.98 Å². The Balaban J connectivity index is 1.65. The van der Waals surface area contributed by atoms with E-state index in [1.165, 1.54) is 17.3 Å². The molecule has 0 saturated heterocycles. The van der Waals surface area contributed by atoms with Crippen LogP contribution in [0.4, 0.5) is 0 Å². The molecule has 2 unspecified atom stereocenters. The minimum Gasteiger partial charge on any atom is -0.383 e. The standard InChI is InChI=1S/C22H27N3O2S/c1-16(18-9-5-4-6-10-18)15-23-21(26)17(2)28-22-24-19-11-7-8-12-20(19)25(22)13-14-27-3/h4-12,16-17H,13-15H2,1-3H3,(H,23,26). The predicted molar refractivity (Wildman–Crippen MR) is 115 cm³/mol. The number of aromatic nitrogens is 2. The molecule has 2 aromatic carbocycles. The van der Waals surface area contributed by atoms with Crippen LogP contribution in [0, 0.1) is 0 Å². The van der Waals surface area contributed by atoms with Gasteiger partial charge in [-0.1, -0.05) is 61.2 Å². The summed E-state index contributed by atoms with van der Waals surface area (Å²) in [4.78, 5) is 17.4. The molecule has 5 nitrogen and oxygen atoms in total. The Hall–Kier alpha value is -2.31. The van der Waals surface area contributed by atoms with Gasteiger partial charge in [0.05, 0.1) is 22.9 Å². The van der Waals surface area contributed by atoms with Crippen molar-refractivity contribution in [2.45, 2.75) is 36.7 Å². The van der Waals surface area contributed by atoms with E-state index < -0.39 is 0 Å². The number of thioether (sulfide) groups is 1. The molecule has 0 aliphatic heterocycles. The highest BCUT2D eigenvalue weighted by Crippen LogP contribution is 2.27. The molecule has 1 N–H and O–H groups in total. The smallest absolute Gasteiger partial charge is 0.233 e. The number of hydrogen-bond acceptors (Lipinski definition) is 4. The van der Waals surface area contributed by atoms with Crippen molar-refractivity contribution < 1.29 is 9.53 Å². The number of hydrogen-bond donors (Lipinski definition) is 1. The van der Waals surface area contributed by atoms with Crippen molar-refractivity contribution in [3.63, 3.8) is 0 Å². The van der Waals surface area contributed by atoms with Crippen LogP contribution in [0.25, 0.3) is 11.0 Å². The molecule has 28 heavy (non-hydrogen) atoms. The average molecular weight is 398 g/mol. The number of rotatable bonds is 9. The number of fused-ring (bicyclic) bond motifs is 1. The third-order valence-corrected chi connectivity index (χ3v) is 5.83. The van der Waals surface area contributed by atoms with E-state index in [1.54, 1.807) is 7.11 Å². The molecule has 0 fully saturated rings. The minimum atomic E-state index is -0.235. The van der Waals surface area contributed by atoms with Crippen molar-refractivity contribution in [3.8, 4) is 0 Å². The van der Waals surface area contributed by atoms with Gasteiger partial charge in [-0.2, -0.15) is 0 Å². The number of methoxy groups -OCH3 is 1. The fourth-order valence-electron chi connectivity index (χ4n) is 3.05. The van der Waals surface area contributed by atoms with Crippen LogP contribution in [0.15, 0.2) is 59.8 Å². The minimum absolute atomic E-state index is 0.0260. The second-order valence-electron chi connectivity index (χ2n) is 6.84. The molecule has 148 valence electrons. The molecule has 0 aliphatic rings. The first-order valence-corrected chi connectivity index (χ1v) is 10.4. The van der Waals surface area contributed by atoms with Gasteiger partial charge in [-0.05, 0) is 30.5 Å². The van der Waals surface area contributed by atoms with E-state index in [2.05, 4.69) is 28.9 Å². The number of imidazole rings is 1. The fraction of sp³-hybridized carbons (Fsp3) is 0.364. The maximum absolute atomic E-state index is 12.6. The first-order chi connectivity index (χ1) is 13.6. The molecule has 3 rings (SSSR count). The highest BCUT2D eigenvalue weighted by atomic mass is 32.2. The van der Waals surface area contributed by atoms with E-state index in [9.17, 15) is 4.79 Å². The van der Waals surface area contributed by atoms with Gasteiger partial charge in [-0.3, -0.25) is 4.79 Å². The number of para-hydroxylation sites is 2. The van der Waals surface area contributed by atoms with Gasteiger partial charge in [0.25, 0.3) is 0 Å². The molecular weight excluding hydrogens is 370 g/mol. The number of amides is 1. The summed E-state index contributed by atoms with van der Waals surface area (Å²) < 4.78 is 7.37. The quantitative estimate of drug-likeness (QED) is 0.553. The van der Waals surface area contributed by atoms with Crippen LogP contribution in [0.3, 0.4) is 0 Å². The normalized spacial score (nSPS) is 13.4. The first kappa shape index (κ1) is 20.4. The molecule has 1 aromatic heterocycles. The Kier molecular flexibility index (Phi) is 7.12. The molecule has 0 radical (unpaired) electrons. The van der Waals surface area contributed by atoms with E-state index in [1.807, 2.05) is 49.4 Å². The molecule has 2 atom stereocenters. The number of benzene rings is 2. The monoisotopic (exact) mass is 397 g/mol. The van der Waals surface area contributed by atoms with Gasteiger partial charge in [0.2, 0.25) is 5.91 Å². The molecule has 0 bridgehead atoms. The SMILES string of the molecule is COCCn1c(SC(C)C(=O)NCC(C)c2ccccc2)nc2ccccc21. The summed E-state index contributed by atoms with van der Waals surface area (Å²) >= 11 is 1.49. The van der Waals surface area contributed by atoms with Crippen molar-refractivity contribution in [3.05, 3.63) is 60.2 Å². The molecule has 1 heterocycles. The van der Waals surface area contributed by atoms with Gasteiger partial charge in [0.15, 0.2) is 5.16 Å². The van der Waals surface area contributed by atoms with Crippen molar-refractivity contribution in [2.24, 2.45) is 0 Å². The Labute approximate surface area is 170 Å². The highest BCUT2D eigenvalue weighted by molar-refractivity contribution is 8.00. The maximum Gasteiger partial charge on any atom is 0.233 e. The largest absolute Gasteiger partial charge is 0.383 e. The summed E-state index contributed by atoms with van der Waals surface area (Å²) in [5.41, 5.74) is 3.23. The molecule has 3 aromatic rings. The third-order valence-electron chi connectivity index (χ3n) is 4.74. The average Bonchev–Trinajstić information content (AvgIpc) is 3.07. The Morgan fingerprint density at radius 1 is 1.14 bits per heavy atom. The van der Waals surface area contributed by atoms with Crippen molar-refractivity contribution in [1.82, 2.24) is 14.9 Å². The van der Waals surface area contributed by atoms with Gasteiger partial charge >= 0.3 is 0 Å². The fourth-order valence-corrected chi connectivity index (χ4v) is 4.03. The van der Waals surface area contributed by atoms with E-state index in [0.29, 0.717) is 19.7 Å². The maximum atomic E-state index is 12.6. The van der Waals surface area contributed by atoms with Crippen molar-refractivity contribution in [2.75, 3.05) is 20.3 Å². The van der Waals surface area contributed by atoms with Gasteiger partial charge in [0, 0.05) is 20.2 Å². The molecular formula is C22H27N3O2S. The predicted octanol–water partition coefficient (Wildman–Crippen LogP) is 4.08. The summed E-state index contributed by atoms with van der Waals surface area (Å²) in [6, 6.07) is 18.3. The van der Waals surface area contributed by atoms with Crippen LogP contribution in [-0.2, 0) is 16.1 Å². The highest BCUT2D eigenvalue weighted by Gasteiger charge is 2.20. The van der Waals surface area contributed by atoms with E-state index in [-0.39, 0.29) is 17.1 Å². The van der Waals surface area contributed by atoms with E-state index in [4.69, 9.17) is 9.72 Å². The lowest BCUT2D eigenvalue weighted by atomic mass is 10.0. The van der Waals surface area contributed by atoms with Gasteiger partial charge in [0.1, 0.15) is 0 Å². The summed E-state index contributed by atoms with van der Waals surface area (Å²) in [5, 5.41) is 3.69. The number of carbonyl (C=O) groups is 1. The van der Waals surface area contributed by atoms with Crippen LogP contribution in [0.1, 0.15) is 25.3 Å². The van der Waals surface area contributed by atoms with E-state index >= 15 is 0 Å². The lowest BCUT2D eigenvalue weighted by molar-refractivity contribution is -0.120. The van der Waals surface area contributed by atoms with E-state index in [0.717, 1.165) is 16.2 Å². The van der Waals surface area contributed by atoms with Gasteiger partial charge < -0.3 is 14.6 Å². The Morgan fingerprint density at radius 3 is 2.61 bits per heavy atom. The molecule has 0 spiro atoms. The zero-order valence-electron chi connectivity index (χ0n) is 16.6. The second-order valence-corrected chi connectivity index (χ2v) is 8.15. The van der Waals surface area contributed by atoms with Crippen LogP contribution < -0.4 is 5.32 Å². The Morgan fingerprint density at radius 2 is 1.86 bits per heavy atom. The third kappa shape index (κ3) is 4.94. The summed E-state index contributed by atoms with van der Waals surface area (Å²) in [7, 11) is 1.69. The molecule has 6 heteroatoms. The van der Waals surface area contributed by atoms with Crippen LogP contribution in [-0.4, -0.2) is 41.0 Å². The zero-order valence-corrected chi connectivity index (χ0v) is 17.4. The lowest BCUT2D eigenvalue weighted by Gasteiger charge is -2.16. The Bertz CT molecular complexity index is 911. The lowest BCUT2D eigenvalue weighted by Crippen LogP contribution is -2.33. The summed E-state index contributed by atoms with van der Waals surface area (Å²) in [6.07, 6.45) is 0.